The molecular formula is C5H8O3. The lowest BCUT2D eigenvalue weighted by molar-refractivity contribution is -0.256. The van der Waals surface area contributed by atoms with Crippen LogP contribution >= 0.6 is 0 Å². The predicted molar refractivity (Wildman–Crippen MR) is 27.0 cm³/mol. The predicted octanol–water partition coefficient (Wildman–Crippen LogP) is 0.477. The zero-order valence-electron chi connectivity index (χ0n) is 4.66. The van der Waals surface area contributed by atoms with Crippen molar-refractivity contribution >= 4 is 0 Å². The van der Waals surface area contributed by atoms with E-state index in [1.165, 1.54) is 7.11 Å². The van der Waals surface area contributed by atoms with E-state index in [0.29, 0.717) is 6.61 Å². The maximum atomic E-state index is 4.90. The van der Waals surface area contributed by atoms with Crippen LogP contribution in [0.5, 0.6) is 0 Å². The molecule has 0 aliphatic carbocycles. The molecule has 0 saturated heterocycles. The molecule has 0 saturated carbocycles. The highest BCUT2D eigenvalue weighted by atomic mass is 16.8. The average Bonchev–Trinajstić information content (AvgIpc) is 1.90. The highest BCUT2D eigenvalue weighted by Crippen LogP contribution is 2.01. The Bertz CT molecular complexity index is 89.7. The van der Waals surface area contributed by atoms with E-state index in [1.54, 1.807) is 12.3 Å². The maximum absolute atomic E-state index is 4.90. The molecule has 46 valence electrons. The van der Waals surface area contributed by atoms with Gasteiger partial charge in [-0.3, -0.25) is 0 Å². The molecule has 8 heavy (non-hydrogen) atoms. The molecular weight excluding hydrogens is 108 g/mol. The molecule has 3 heteroatoms. The smallest absolute Gasteiger partial charge is 0.315 e. The first kappa shape index (κ1) is 5.59. The molecule has 0 aromatic carbocycles. The van der Waals surface area contributed by atoms with Crippen LogP contribution in [-0.4, -0.2) is 20.2 Å². The molecule has 3 nitrogen and oxygen atoms in total. The lowest BCUT2D eigenvalue weighted by Gasteiger charge is -2.16. The van der Waals surface area contributed by atoms with E-state index in [0.717, 1.165) is 0 Å². The number of rotatable bonds is 1. The zero-order valence-corrected chi connectivity index (χ0v) is 4.66. The van der Waals surface area contributed by atoms with Crippen molar-refractivity contribution in [1.82, 2.24) is 0 Å². The number of hydrogen-bond donors (Lipinski definition) is 0. The molecule has 0 aromatic heterocycles. The highest BCUT2D eigenvalue weighted by Gasteiger charge is 2.06. The lowest BCUT2D eigenvalue weighted by Crippen LogP contribution is -2.19. The zero-order chi connectivity index (χ0) is 5.82. The van der Waals surface area contributed by atoms with E-state index in [2.05, 4.69) is 0 Å². The van der Waals surface area contributed by atoms with Gasteiger partial charge in [0, 0.05) is 7.11 Å². The molecule has 0 aromatic rings. The fourth-order valence-electron chi connectivity index (χ4n) is 0.456. The standard InChI is InChI=1S/C5H8O3/c1-6-5-7-3-2-4-8-5/h2-3,5H,4H2,1H3. The minimum Gasteiger partial charge on any atom is -0.449 e. The van der Waals surface area contributed by atoms with Gasteiger partial charge in [-0.15, -0.1) is 0 Å². The Morgan fingerprint density at radius 3 is 3.00 bits per heavy atom. The van der Waals surface area contributed by atoms with Gasteiger partial charge in [-0.1, -0.05) is 0 Å². The molecule has 1 rings (SSSR count). The summed E-state index contributed by atoms with van der Waals surface area (Å²) in [5, 5.41) is 0. The van der Waals surface area contributed by atoms with E-state index in [4.69, 9.17) is 14.2 Å². The van der Waals surface area contributed by atoms with Crippen molar-refractivity contribution in [2.24, 2.45) is 0 Å². The molecule has 0 bridgehead atoms. The van der Waals surface area contributed by atoms with E-state index in [1.807, 2.05) is 0 Å². The quantitative estimate of drug-likeness (QED) is 0.498. The lowest BCUT2D eigenvalue weighted by atomic mass is 10.6. The Labute approximate surface area is 47.8 Å². The Balaban J connectivity index is 2.27. The Kier molecular flexibility index (Phi) is 1.88. The van der Waals surface area contributed by atoms with Gasteiger partial charge in [0.05, 0.1) is 12.9 Å². The van der Waals surface area contributed by atoms with Crippen LogP contribution in [0.15, 0.2) is 12.3 Å². The molecule has 1 aliphatic heterocycles. The van der Waals surface area contributed by atoms with Gasteiger partial charge in [-0.2, -0.15) is 0 Å². The van der Waals surface area contributed by atoms with E-state index in [-0.39, 0.29) is 0 Å². The summed E-state index contributed by atoms with van der Waals surface area (Å²) < 4.78 is 14.4. The van der Waals surface area contributed by atoms with Crippen molar-refractivity contribution in [2.75, 3.05) is 13.7 Å². The van der Waals surface area contributed by atoms with Gasteiger partial charge in [-0.05, 0) is 6.08 Å². The Morgan fingerprint density at radius 1 is 1.75 bits per heavy atom. The maximum Gasteiger partial charge on any atom is 0.315 e. The molecule has 0 fully saturated rings. The normalized spacial score (nSPS) is 27.4. The molecule has 0 amide bonds. The van der Waals surface area contributed by atoms with Gasteiger partial charge in [0.15, 0.2) is 0 Å². The van der Waals surface area contributed by atoms with Gasteiger partial charge in [0.25, 0.3) is 0 Å². The molecule has 1 aliphatic rings. The van der Waals surface area contributed by atoms with Gasteiger partial charge >= 0.3 is 6.48 Å². The summed E-state index contributed by atoms with van der Waals surface area (Å²) in [5.74, 6) is 0. The molecule has 0 spiro atoms. The number of methoxy groups -OCH3 is 1. The van der Waals surface area contributed by atoms with Crippen molar-refractivity contribution in [3.8, 4) is 0 Å². The van der Waals surface area contributed by atoms with Gasteiger partial charge < -0.3 is 14.2 Å². The fraction of sp³-hybridized carbons (Fsp3) is 0.600. The van der Waals surface area contributed by atoms with Crippen LogP contribution in [0.2, 0.25) is 0 Å². The minimum absolute atomic E-state index is 0.500. The SMILES string of the molecule is COC1OC=CCO1. The second-order valence-electron chi connectivity index (χ2n) is 1.37. The summed E-state index contributed by atoms with van der Waals surface area (Å²) >= 11 is 0. The molecule has 1 atom stereocenters. The van der Waals surface area contributed by atoms with Gasteiger partial charge in [0.1, 0.15) is 0 Å². The second-order valence-corrected chi connectivity index (χ2v) is 1.37. The Hall–Kier alpha value is -0.540. The van der Waals surface area contributed by atoms with Crippen LogP contribution in [0.1, 0.15) is 0 Å². The topological polar surface area (TPSA) is 27.7 Å². The van der Waals surface area contributed by atoms with Crippen LogP contribution in [0.4, 0.5) is 0 Å². The molecule has 0 radical (unpaired) electrons. The summed E-state index contributed by atoms with van der Waals surface area (Å²) in [5.41, 5.74) is 0. The summed E-state index contributed by atoms with van der Waals surface area (Å²) in [6, 6.07) is 0. The highest BCUT2D eigenvalue weighted by molar-refractivity contribution is 4.75. The largest absolute Gasteiger partial charge is 0.449 e. The minimum atomic E-state index is -0.500. The number of hydrogen-bond acceptors (Lipinski definition) is 3. The van der Waals surface area contributed by atoms with Crippen molar-refractivity contribution in [1.29, 1.82) is 0 Å². The average molecular weight is 116 g/mol. The van der Waals surface area contributed by atoms with E-state index >= 15 is 0 Å². The second kappa shape index (κ2) is 2.69. The van der Waals surface area contributed by atoms with Crippen molar-refractivity contribution in [2.45, 2.75) is 6.48 Å². The third kappa shape index (κ3) is 1.21. The van der Waals surface area contributed by atoms with Crippen LogP contribution in [-0.2, 0) is 14.2 Å². The summed E-state index contributed by atoms with van der Waals surface area (Å²) in [4.78, 5) is 0. The first-order chi connectivity index (χ1) is 3.93. The number of ether oxygens (including phenoxy) is 3. The van der Waals surface area contributed by atoms with Crippen molar-refractivity contribution in [3.63, 3.8) is 0 Å². The van der Waals surface area contributed by atoms with Crippen LogP contribution in [0.3, 0.4) is 0 Å². The van der Waals surface area contributed by atoms with Crippen LogP contribution < -0.4 is 0 Å². The third-order valence-electron chi connectivity index (χ3n) is 0.807. The Morgan fingerprint density at radius 2 is 2.62 bits per heavy atom. The summed E-state index contributed by atoms with van der Waals surface area (Å²) in [6.45, 7) is 0.0680. The monoisotopic (exact) mass is 116 g/mol. The molecule has 1 heterocycles. The van der Waals surface area contributed by atoms with Crippen molar-refractivity contribution in [3.05, 3.63) is 12.3 Å². The molecule has 0 N–H and O–H groups in total. The fourth-order valence-corrected chi connectivity index (χ4v) is 0.456. The van der Waals surface area contributed by atoms with E-state index < -0.39 is 6.48 Å². The van der Waals surface area contributed by atoms with E-state index in [9.17, 15) is 0 Å². The van der Waals surface area contributed by atoms with Crippen LogP contribution in [0.25, 0.3) is 0 Å². The molecule has 1 unspecified atom stereocenters. The van der Waals surface area contributed by atoms with Crippen LogP contribution in [0, 0.1) is 0 Å². The first-order valence-corrected chi connectivity index (χ1v) is 2.38. The third-order valence-corrected chi connectivity index (χ3v) is 0.807. The van der Waals surface area contributed by atoms with Crippen molar-refractivity contribution < 1.29 is 14.2 Å². The summed E-state index contributed by atoms with van der Waals surface area (Å²) in [7, 11) is 1.53. The first-order valence-electron chi connectivity index (χ1n) is 2.38. The summed E-state index contributed by atoms with van der Waals surface area (Å²) in [6.07, 6.45) is 3.34. The van der Waals surface area contributed by atoms with Gasteiger partial charge in [-0.25, -0.2) is 0 Å². The van der Waals surface area contributed by atoms with Gasteiger partial charge in [0.2, 0.25) is 0 Å².